The van der Waals surface area contributed by atoms with Crippen LogP contribution in [0.1, 0.15) is 18.4 Å². The SMILES string of the molecule is O=C1N(c2ccc(OC(F)(F)F)cc2)C(=O)C2(CC2)N1Cc1ccnc(-c2ccc(Cl)cc2)c1. The first-order chi connectivity index (χ1) is 16.2. The molecule has 0 bridgehead atoms. The lowest BCUT2D eigenvalue weighted by Gasteiger charge is -2.21. The number of ether oxygens (including phenoxy) is 1. The van der Waals surface area contributed by atoms with Crippen molar-refractivity contribution in [3.05, 3.63) is 77.4 Å². The Bertz CT molecular complexity index is 1260. The molecule has 1 saturated carbocycles. The maximum atomic E-state index is 13.3. The first-order valence-corrected chi connectivity index (χ1v) is 10.8. The number of amides is 3. The normalized spacial score (nSPS) is 16.9. The van der Waals surface area contributed by atoms with Crippen molar-refractivity contribution in [1.82, 2.24) is 9.88 Å². The second kappa shape index (κ2) is 8.02. The molecule has 1 aliphatic heterocycles. The van der Waals surface area contributed by atoms with Gasteiger partial charge in [-0.25, -0.2) is 9.69 Å². The molecule has 1 spiro atoms. The average Bonchev–Trinajstić information content (AvgIpc) is 3.57. The smallest absolute Gasteiger partial charge is 0.406 e. The van der Waals surface area contributed by atoms with Crippen LogP contribution in [0.4, 0.5) is 23.7 Å². The fourth-order valence-electron chi connectivity index (χ4n) is 4.09. The van der Waals surface area contributed by atoms with Crippen LogP contribution in [0.5, 0.6) is 5.75 Å². The number of hydrogen-bond donors (Lipinski definition) is 0. The Morgan fingerprint density at radius 3 is 2.29 bits per heavy atom. The van der Waals surface area contributed by atoms with Crippen molar-refractivity contribution < 1.29 is 27.5 Å². The summed E-state index contributed by atoms with van der Waals surface area (Å²) in [6.07, 6.45) is -2.14. The summed E-state index contributed by atoms with van der Waals surface area (Å²) in [5, 5.41) is 0.606. The van der Waals surface area contributed by atoms with Crippen LogP contribution in [-0.2, 0) is 11.3 Å². The number of aromatic nitrogens is 1. The minimum absolute atomic E-state index is 0.190. The van der Waals surface area contributed by atoms with Gasteiger partial charge in [-0.3, -0.25) is 9.78 Å². The van der Waals surface area contributed by atoms with Gasteiger partial charge in [0, 0.05) is 23.3 Å². The lowest BCUT2D eigenvalue weighted by atomic mass is 10.1. The van der Waals surface area contributed by atoms with E-state index in [4.69, 9.17) is 11.6 Å². The number of urea groups is 1. The first kappa shape index (κ1) is 22.2. The zero-order valence-electron chi connectivity index (χ0n) is 17.6. The molecule has 2 fully saturated rings. The first-order valence-electron chi connectivity index (χ1n) is 10.4. The molecule has 0 unspecified atom stereocenters. The Kier molecular flexibility index (Phi) is 5.24. The van der Waals surface area contributed by atoms with Crippen LogP contribution in [0, 0.1) is 0 Å². The lowest BCUT2D eigenvalue weighted by Crippen LogP contribution is -2.36. The molecule has 2 heterocycles. The second-order valence-electron chi connectivity index (χ2n) is 8.14. The number of anilines is 1. The third-order valence-corrected chi connectivity index (χ3v) is 6.15. The largest absolute Gasteiger partial charge is 0.573 e. The molecule has 0 N–H and O–H groups in total. The summed E-state index contributed by atoms with van der Waals surface area (Å²) in [5.41, 5.74) is 1.62. The fourth-order valence-corrected chi connectivity index (χ4v) is 4.22. The highest BCUT2D eigenvalue weighted by Crippen LogP contribution is 2.49. The molecule has 2 aliphatic rings. The third kappa shape index (κ3) is 4.07. The van der Waals surface area contributed by atoms with Crippen LogP contribution in [0.3, 0.4) is 0 Å². The van der Waals surface area contributed by atoms with Crippen molar-refractivity contribution >= 4 is 29.2 Å². The Morgan fingerprint density at radius 1 is 1.00 bits per heavy atom. The van der Waals surface area contributed by atoms with Crippen molar-refractivity contribution in [2.75, 3.05) is 4.90 Å². The van der Waals surface area contributed by atoms with E-state index in [1.165, 1.54) is 17.0 Å². The number of hydrogen-bond acceptors (Lipinski definition) is 4. The molecule has 5 rings (SSSR count). The summed E-state index contributed by atoms with van der Waals surface area (Å²) >= 11 is 5.95. The molecule has 0 atom stereocenters. The monoisotopic (exact) mass is 487 g/mol. The number of carbonyl (C=O) groups is 2. The summed E-state index contributed by atoms with van der Waals surface area (Å²) in [6, 6.07) is 15.0. The molecule has 3 amide bonds. The van der Waals surface area contributed by atoms with Gasteiger partial charge in [-0.15, -0.1) is 13.2 Å². The van der Waals surface area contributed by atoms with E-state index in [9.17, 15) is 22.8 Å². The van der Waals surface area contributed by atoms with Crippen LogP contribution >= 0.6 is 11.6 Å². The lowest BCUT2D eigenvalue weighted by molar-refractivity contribution is -0.274. The van der Waals surface area contributed by atoms with Crippen molar-refractivity contribution in [1.29, 1.82) is 0 Å². The molecule has 6 nitrogen and oxygen atoms in total. The van der Waals surface area contributed by atoms with E-state index in [2.05, 4.69) is 9.72 Å². The number of nitrogens with zero attached hydrogens (tertiary/aromatic N) is 3. The van der Waals surface area contributed by atoms with E-state index in [1.807, 2.05) is 18.2 Å². The van der Waals surface area contributed by atoms with E-state index < -0.39 is 23.7 Å². The van der Waals surface area contributed by atoms with Crippen molar-refractivity contribution in [3.8, 4) is 17.0 Å². The van der Waals surface area contributed by atoms with Gasteiger partial charge in [0.05, 0.1) is 11.4 Å². The number of rotatable bonds is 5. The van der Waals surface area contributed by atoms with Crippen LogP contribution < -0.4 is 9.64 Å². The molecule has 0 radical (unpaired) electrons. The van der Waals surface area contributed by atoms with E-state index in [-0.39, 0.29) is 18.1 Å². The van der Waals surface area contributed by atoms with Gasteiger partial charge < -0.3 is 9.64 Å². The van der Waals surface area contributed by atoms with Crippen LogP contribution in [0.25, 0.3) is 11.3 Å². The van der Waals surface area contributed by atoms with Crippen molar-refractivity contribution in [2.45, 2.75) is 31.3 Å². The van der Waals surface area contributed by atoms with Gasteiger partial charge in [0.1, 0.15) is 11.3 Å². The van der Waals surface area contributed by atoms with Crippen LogP contribution in [-0.4, -0.2) is 33.7 Å². The summed E-state index contributed by atoms with van der Waals surface area (Å²) in [7, 11) is 0. The molecule has 2 aromatic carbocycles. The summed E-state index contributed by atoms with van der Waals surface area (Å²) in [4.78, 5) is 33.4. The van der Waals surface area contributed by atoms with E-state index >= 15 is 0 Å². The minimum Gasteiger partial charge on any atom is -0.406 e. The zero-order chi connectivity index (χ0) is 24.1. The van der Waals surface area contributed by atoms with Crippen LogP contribution in [0.2, 0.25) is 5.02 Å². The average molecular weight is 488 g/mol. The predicted octanol–water partition coefficient (Wildman–Crippen LogP) is 5.80. The topological polar surface area (TPSA) is 62.7 Å². The molecule has 1 saturated heterocycles. The zero-order valence-corrected chi connectivity index (χ0v) is 18.3. The van der Waals surface area contributed by atoms with Gasteiger partial charge in [-0.2, -0.15) is 0 Å². The minimum atomic E-state index is -4.83. The maximum absolute atomic E-state index is 13.3. The molecule has 174 valence electrons. The van der Waals surface area contributed by atoms with Gasteiger partial charge in [-0.05, 0) is 66.9 Å². The Morgan fingerprint density at radius 2 is 1.68 bits per heavy atom. The molecule has 1 aliphatic carbocycles. The molecular formula is C24H17ClF3N3O3. The van der Waals surface area contributed by atoms with Crippen molar-refractivity contribution in [2.24, 2.45) is 0 Å². The van der Waals surface area contributed by atoms with Gasteiger partial charge in [0.25, 0.3) is 5.91 Å². The Hall–Kier alpha value is -3.59. The van der Waals surface area contributed by atoms with Gasteiger partial charge in [0.15, 0.2) is 0 Å². The van der Waals surface area contributed by atoms with E-state index in [0.717, 1.165) is 28.2 Å². The second-order valence-corrected chi connectivity index (χ2v) is 8.58. The number of benzene rings is 2. The molecule has 10 heteroatoms. The summed E-state index contributed by atoms with van der Waals surface area (Å²) in [6.45, 7) is 0.194. The standard InChI is InChI=1S/C24H17ClF3N3O3/c25-17-3-1-16(2-4-17)20-13-15(9-12-29-20)14-30-22(33)31(21(32)23(30)10-11-23)18-5-7-19(8-6-18)34-24(26,27)28/h1-9,12-13H,10-11,14H2. The maximum Gasteiger partial charge on any atom is 0.573 e. The molecule has 1 aromatic heterocycles. The van der Waals surface area contributed by atoms with Gasteiger partial charge >= 0.3 is 12.4 Å². The van der Waals surface area contributed by atoms with E-state index in [1.54, 1.807) is 24.4 Å². The van der Waals surface area contributed by atoms with Gasteiger partial charge in [0.2, 0.25) is 0 Å². The fraction of sp³-hybridized carbons (Fsp3) is 0.208. The summed E-state index contributed by atoms with van der Waals surface area (Å²) in [5.74, 6) is -0.811. The number of pyridine rings is 1. The third-order valence-electron chi connectivity index (χ3n) is 5.90. The number of alkyl halides is 3. The molecule has 3 aromatic rings. The highest BCUT2D eigenvalue weighted by Gasteiger charge is 2.65. The number of carbonyl (C=O) groups excluding carboxylic acids is 2. The number of halogens is 4. The number of imide groups is 1. The van der Waals surface area contributed by atoms with Crippen molar-refractivity contribution in [3.63, 3.8) is 0 Å². The highest BCUT2D eigenvalue weighted by molar-refractivity contribution is 6.30. The van der Waals surface area contributed by atoms with Crippen LogP contribution in [0.15, 0.2) is 66.9 Å². The summed E-state index contributed by atoms with van der Waals surface area (Å²) < 4.78 is 41.2. The molecule has 34 heavy (non-hydrogen) atoms. The predicted molar refractivity (Wildman–Crippen MR) is 118 cm³/mol. The Labute approximate surface area is 197 Å². The van der Waals surface area contributed by atoms with E-state index in [0.29, 0.717) is 23.6 Å². The van der Waals surface area contributed by atoms with Gasteiger partial charge in [-0.1, -0.05) is 23.7 Å². The quantitative estimate of drug-likeness (QED) is 0.427. The Balaban J connectivity index is 1.39. The molecular weight excluding hydrogens is 471 g/mol. The highest BCUT2D eigenvalue weighted by atomic mass is 35.5.